The van der Waals surface area contributed by atoms with Crippen LogP contribution in [-0.2, 0) is 67.6 Å². The molecule has 11 nitrogen and oxygen atoms in total. The minimum atomic E-state index is -0.671. The molecule has 1 aliphatic heterocycles. The van der Waals surface area contributed by atoms with E-state index in [2.05, 4.69) is 24.3 Å². The van der Waals surface area contributed by atoms with Crippen molar-refractivity contribution in [2.24, 2.45) is 0 Å². The van der Waals surface area contributed by atoms with Gasteiger partial charge in [-0.3, -0.25) is 0 Å². The number of hydrogen-bond acceptors (Lipinski definition) is 9. The third-order valence-corrected chi connectivity index (χ3v) is 9.62. The zero-order valence-corrected chi connectivity index (χ0v) is 31.3. The molecule has 2 amide bonds. The normalized spacial score (nSPS) is 18.9. The molecule has 290 valence electrons. The number of hydrogen-bond donors (Lipinski definition) is 2. The van der Waals surface area contributed by atoms with Gasteiger partial charge in [-0.1, -0.05) is 109 Å². The molecule has 1 saturated heterocycles. The van der Waals surface area contributed by atoms with Gasteiger partial charge in [0, 0.05) is 27.3 Å². The number of nitrogens with zero attached hydrogens (tertiary/aromatic N) is 2. The Kier molecular flexibility index (Phi) is 16.9. The largest absolute Gasteiger partial charge is 0.392 e. The SMILES string of the molecule is COCCOCO[C@H]1[C@H](OCOCCOC)[C@H](Cc2ccccc2)N(Cc2ccc(CO)cc2)C(=O)N(Cc2ccc(CO)cc2)[C@H]1Cc1ccccc1. The summed E-state index contributed by atoms with van der Waals surface area (Å²) in [5.74, 6) is 0. The van der Waals surface area contributed by atoms with Crippen molar-refractivity contribution in [1.29, 1.82) is 0 Å². The molecule has 1 aliphatic rings. The number of rotatable bonds is 22. The number of urea groups is 1. The second-order valence-electron chi connectivity index (χ2n) is 13.3. The Labute approximate surface area is 318 Å². The minimum absolute atomic E-state index is 0.0440. The fraction of sp³-hybridized carbons (Fsp3) is 0.419. The molecule has 0 bridgehead atoms. The standard InChI is InChI=1S/C43H54N2O9/c1-49-21-23-51-31-53-41-39(25-33-9-5-3-6-10-33)44(27-35-13-17-37(29-46)18-14-35)43(48)45(28-36-15-19-38(30-47)20-16-36)40(26-34-11-7-4-8-12-34)42(41)54-32-52-24-22-50-2/h3-20,39-42,46-47H,21-32H2,1-2H3/t39-,40-,41+,42+/m0/s1. The van der Waals surface area contributed by atoms with E-state index in [1.54, 1.807) is 14.2 Å². The maximum absolute atomic E-state index is 15.5. The van der Waals surface area contributed by atoms with Gasteiger partial charge < -0.3 is 48.4 Å². The number of methoxy groups -OCH3 is 2. The number of benzene rings is 4. The first-order valence-corrected chi connectivity index (χ1v) is 18.4. The predicted octanol–water partition coefficient (Wildman–Crippen LogP) is 5.34. The Morgan fingerprint density at radius 3 is 1.22 bits per heavy atom. The molecule has 0 aliphatic carbocycles. The number of carbonyl (C=O) groups excluding carboxylic acids is 1. The second kappa shape index (κ2) is 22.3. The lowest BCUT2D eigenvalue weighted by molar-refractivity contribution is -0.192. The van der Waals surface area contributed by atoms with E-state index < -0.39 is 24.3 Å². The highest BCUT2D eigenvalue weighted by molar-refractivity contribution is 5.76. The Morgan fingerprint density at radius 1 is 0.500 bits per heavy atom. The van der Waals surface area contributed by atoms with Crippen LogP contribution in [0, 0.1) is 0 Å². The number of aliphatic hydroxyl groups excluding tert-OH is 2. The summed E-state index contributed by atoms with van der Waals surface area (Å²) in [6.45, 7) is 1.80. The molecule has 5 rings (SSSR count). The molecule has 0 saturated carbocycles. The van der Waals surface area contributed by atoms with Crippen LogP contribution in [-0.4, -0.2) is 105 Å². The van der Waals surface area contributed by atoms with Crippen molar-refractivity contribution in [3.05, 3.63) is 143 Å². The van der Waals surface area contributed by atoms with Crippen LogP contribution in [0.15, 0.2) is 109 Å². The van der Waals surface area contributed by atoms with Crippen LogP contribution in [0.4, 0.5) is 4.79 Å². The summed E-state index contributed by atoms with van der Waals surface area (Å²) in [5, 5.41) is 19.5. The first-order valence-electron chi connectivity index (χ1n) is 18.4. The minimum Gasteiger partial charge on any atom is -0.392 e. The Balaban J connectivity index is 1.66. The van der Waals surface area contributed by atoms with Gasteiger partial charge in [-0.05, 0) is 46.2 Å². The Bertz CT molecular complexity index is 1510. The van der Waals surface area contributed by atoms with Gasteiger partial charge >= 0.3 is 6.03 Å². The molecule has 0 radical (unpaired) electrons. The molecule has 1 heterocycles. The van der Waals surface area contributed by atoms with E-state index in [0.29, 0.717) is 39.3 Å². The molecule has 4 aromatic rings. The summed E-state index contributed by atoms with van der Waals surface area (Å²) in [5.41, 5.74) is 5.45. The highest BCUT2D eigenvalue weighted by Gasteiger charge is 2.49. The van der Waals surface area contributed by atoms with Gasteiger partial charge in [-0.25, -0.2) is 4.79 Å². The van der Waals surface area contributed by atoms with Crippen LogP contribution in [0.2, 0.25) is 0 Å². The van der Waals surface area contributed by atoms with Crippen LogP contribution in [0.1, 0.15) is 33.4 Å². The third-order valence-electron chi connectivity index (χ3n) is 9.62. The molecular formula is C43H54N2O9. The van der Waals surface area contributed by atoms with Gasteiger partial charge in [0.05, 0.1) is 51.7 Å². The van der Waals surface area contributed by atoms with E-state index in [-0.39, 0.29) is 45.9 Å². The van der Waals surface area contributed by atoms with Gasteiger partial charge in [-0.15, -0.1) is 0 Å². The van der Waals surface area contributed by atoms with Crippen molar-refractivity contribution in [2.75, 3.05) is 54.2 Å². The fourth-order valence-electron chi connectivity index (χ4n) is 6.74. The smallest absolute Gasteiger partial charge is 0.321 e. The first-order chi connectivity index (χ1) is 26.5. The topological polar surface area (TPSA) is 119 Å². The highest BCUT2D eigenvalue weighted by Crippen LogP contribution is 2.33. The van der Waals surface area contributed by atoms with E-state index in [0.717, 1.165) is 33.4 Å². The van der Waals surface area contributed by atoms with Gasteiger partial charge in [0.1, 0.15) is 25.8 Å². The average molecular weight is 743 g/mol. The lowest BCUT2D eigenvalue weighted by Gasteiger charge is -2.38. The van der Waals surface area contributed by atoms with Gasteiger partial charge in [-0.2, -0.15) is 0 Å². The molecule has 2 N–H and O–H groups in total. The van der Waals surface area contributed by atoms with Gasteiger partial charge in [0.25, 0.3) is 0 Å². The maximum Gasteiger partial charge on any atom is 0.321 e. The molecule has 4 aromatic carbocycles. The monoisotopic (exact) mass is 742 g/mol. The van der Waals surface area contributed by atoms with Crippen LogP contribution in [0.3, 0.4) is 0 Å². The van der Waals surface area contributed by atoms with Crippen LogP contribution >= 0.6 is 0 Å². The third kappa shape index (κ3) is 11.9. The van der Waals surface area contributed by atoms with Gasteiger partial charge in [0.2, 0.25) is 0 Å². The predicted molar refractivity (Wildman–Crippen MR) is 204 cm³/mol. The summed E-state index contributed by atoms with van der Waals surface area (Å²) in [6.07, 6.45) is -0.387. The fourth-order valence-corrected chi connectivity index (χ4v) is 6.74. The van der Waals surface area contributed by atoms with Crippen molar-refractivity contribution >= 4 is 6.03 Å². The molecule has 0 unspecified atom stereocenters. The Morgan fingerprint density at radius 2 is 0.870 bits per heavy atom. The van der Waals surface area contributed by atoms with E-state index >= 15 is 4.79 Å². The van der Waals surface area contributed by atoms with Crippen molar-refractivity contribution in [3.8, 4) is 0 Å². The first kappa shape index (κ1) is 41.0. The zero-order chi connectivity index (χ0) is 38.0. The van der Waals surface area contributed by atoms with Crippen LogP contribution in [0.25, 0.3) is 0 Å². The molecule has 0 aromatic heterocycles. The van der Waals surface area contributed by atoms with E-state index in [1.807, 2.05) is 94.7 Å². The molecular weight excluding hydrogens is 688 g/mol. The lowest BCUT2D eigenvalue weighted by Crippen LogP contribution is -2.53. The number of carbonyl (C=O) groups is 1. The van der Waals surface area contributed by atoms with E-state index in [1.165, 1.54) is 0 Å². The number of aliphatic hydroxyl groups is 2. The zero-order valence-electron chi connectivity index (χ0n) is 31.3. The van der Waals surface area contributed by atoms with Crippen LogP contribution in [0.5, 0.6) is 0 Å². The van der Waals surface area contributed by atoms with Crippen molar-refractivity contribution in [3.63, 3.8) is 0 Å². The Hall–Kier alpha value is -4.17. The summed E-state index contributed by atoms with van der Waals surface area (Å²) >= 11 is 0. The highest BCUT2D eigenvalue weighted by atomic mass is 16.7. The van der Waals surface area contributed by atoms with Crippen molar-refractivity contribution in [2.45, 2.75) is 63.4 Å². The molecule has 0 spiro atoms. The second-order valence-corrected chi connectivity index (χ2v) is 13.3. The summed E-state index contributed by atoms with van der Waals surface area (Å²) in [6, 6.07) is 34.3. The molecule has 1 fully saturated rings. The van der Waals surface area contributed by atoms with Gasteiger partial charge in [0.15, 0.2) is 0 Å². The lowest BCUT2D eigenvalue weighted by atomic mass is 9.90. The number of amides is 2. The molecule has 54 heavy (non-hydrogen) atoms. The molecule has 11 heteroatoms. The maximum atomic E-state index is 15.5. The van der Waals surface area contributed by atoms with E-state index in [9.17, 15) is 10.2 Å². The quantitative estimate of drug-likeness (QED) is 0.0813. The summed E-state index contributed by atoms with van der Waals surface area (Å²) in [7, 11) is 3.24. The number of ether oxygens (including phenoxy) is 6. The van der Waals surface area contributed by atoms with E-state index in [4.69, 9.17) is 28.4 Å². The summed E-state index contributed by atoms with van der Waals surface area (Å²) < 4.78 is 35.8. The van der Waals surface area contributed by atoms with Crippen molar-refractivity contribution < 1.29 is 43.4 Å². The van der Waals surface area contributed by atoms with Crippen molar-refractivity contribution in [1.82, 2.24) is 9.80 Å². The average Bonchev–Trinajstić information content (AvgIpc) is 3.28. The summed E-state index contributed by atoms with van der Waals surface area (Å²) in [4.78, 5) is 19.3. The molecule has 4 atom stereocenters. The van der Waals surface area contributed by atoms with Crippen LogP contribution < -0.4 is 0 Å².